The molecule has 1 unspecified atom stereocenters. The van der Waals surface area contributed by atoms with E-state index in [1.54, 1.807) is 25.1 Å². The lowest BCUT2D eigenvalue weighted by atomic mass is 9.81. The molecule has 1 fully saturated rings. The number of rotatable bonds is 11. The molecule has 0 amide bonds. The van der Waals surface area contributed by atoms with Crippen molar-refractivity contribution in [1.29, 1.82) is 0 Å². The first kappa shape index (κ1) is 27.9. The third-order valence-electron chi connectivity index (χ3n) is 6.37. The summed E-state index contributed by atoms with van der Waals surface area (Å²) < 4.78 is 41.2. The first-order valence-corrected chi connectivity index (χ1v) is 12.5. The van der Waals surface area contributed by atoms with E-state index >= 15 is 0 Å². The summed E-state index contributed by atoms with van der Waals surface area (Å²) in [5.41, 5.74) is 1.78. The summed E-state index contributed by atoms with van der Waals surface area (Å²) in [4.78, 5) is 15.8. The number of hydrogen-bond acceptors (Lipinski definition) is 5. The van der Waals surface area contributed by atoms with Gasteiger partial charge in [0.15, 0.2) is 0 Å². The van der Waals surface area contributed by atoms with Gasteiger partial charge in [0.1, 0.15) is 6.61 Å². The highest BCUT2D eigenvalue weighted by Gasteiger charge is 2.35. The molecule has 0 bridgehead atoms. The number of nitrogens with zero attached hydrogens (tertiary/aromatic N) is 2. The van der Waals surface area contributed by atoms with Gasteiger partial charge in [0.2, 0.25) is 0 Å². The first-order valence-electron chi connectivity index (χ1n) is 12.1. The van der Waals surface area contributed by atoms with Crippen LogP contribution in [-0.4, -0.2) is 17.6 Å². The minimum absolute atomic E-state index is 0.0231. The van der Waals surface area contributed by atoms with E-state index in [1.807, 2.05) is 12.1 Å². The van der Waals surface area contributed by atoms with Gasteiger partial charge in [-0.25, -0.2) is 0 Å². The Bertz CT molecular complexity index is 1060. The van der Waals surface area contributed by atoms with Crippen LogP contribution in [0.5, 0.6) is 0 Å². The number of alkyl halides is 3. The number of halogens is 4. The monoisotopic (exact) mass is 525 g/mol. The highest BCUT2D eigenvalue weighted by atomic mass is 35.5. The lowest BCUT2D eigenvalue weighted by Gasteiger charge is -2.25. The minimum Gasteiger partial charge on any atom is -0.481 e. The van der Waals surface area contributed by atoms with Gasteiger partial charge < -0.3 is 15.3 Å². The molecule has 0 aromatic heterocycles. The molecule has 1 atom stereocenters. The summed E-state index contributed by atoms with van der Waals surface area (Å²) in [5.74, 6) is -0.924. The second kappa shape index (κ2) is 13.1. The zero-order valence-corrected chi connectivity index (χ0v) is 20.9. The van der Waals surface area contributed by atoms with E-state index in [9.17, 15) is 18.0 Å². The number of carboxylic acids is 1. The molecule has 2 N–H and O–H groups in total. The fourth-order valence-electron chi connectivity index (χ4n) is 4.37. The van der Waals surface area contributed by atoms with Crippen LogP contribution in [0.25, 0.3) is 0 Å². The summed E-state index contributed by atoms with van der Waals surface area (Å²) in [7, 11) is 0. The smallest absolute Gasteiger partial charge is 0.416 e. The largest absolute Gasteiger partial charge is 0.481 e. The molecule has 0 heterocycles. The standard InChI is InChI=1S/C26H31ClF3N3O3/c1-17(20-8-9-21(24(27)14-20)15-31-12-11-25(34)35)32-33-36-16-18-7-10-22(19-5-3-2-4-6-19)23(13-18)26(28,29)30/h7-10,13-14,17,19,31H,2-6,11-12,15-16H2,1H3,(H,34,35). The highest BCUT2D eigenvalue weighted by molar-refractivity contribution is 6.31. The van der Waals surface area contributed by atoms with Gasteiger partial charge in [-0.1, -0.05) is 55.1 Å². The fraction of sp³-hybridized carbons (Fsp3) is 0.500. The first-order chi connectivity index (χ1) is 17.1. The third-order valence-corrected chi connectivity index (χ3v) is 6.72. The van der Waals surface area contributed by atoms with E-state index < -0.39 is 17.7 Å². The Hall–Kier alpha value is -2.65. The van der Waals surface area contributed by atoms with Gasteiger partial charge in [0, 0.05) is 23.4 Å². The fourth-order valence-corrected chi connectivity index (χ4v) is 4.62. The van der Waals surface area contributed by atoms with E-state index in [2.05, 4.69) is 15.7 Å². The van der Waals surface area contributed by atoms with Crippen LogP contribution in [-0.2, 0) is 29.0 Å². The number of carbonyl (C=O) groups is 1. The lowest BCUT2D eigenvalue weighted by Crippen LogP contribution is -2.17. The number of nitrogens with one attached hydrogen (secondary N) is 1. The van der Waals surface area contributed by atoms with E-state index in [1.165, 1.54) is 0 Å². The second-order valence-electron chi connectivity index (χ2n) is 9.07. The summed E-state index contributed by atoms with van der Waals surface area (Å²) in [5, 5.41) is 20.0. The third kappa shape index (κ3) is 8.20. The molecular weight excluding hydrogens is 495 g/mol. The Labute approximate surface area is 213 Å². The van der Waals surface area contributed by atoms with Gasteiger partial charge in [0.05, 0.1) is 18.0 Å². The molecule has 0 spiro atoms. The van der Waals surface area contributed by atoms with Crippen molar-refractivity contribution in [2.24, 2.45) is 10.4 Å². The molecule has 0 saturated heterocycles. The molecule has 36 heavy (non-hydrogen) atoms. The topological polar surface area (TPSA) is 83.3 Å². The maximum absolute atomic E-state index is 13.7. The van der Waals surface area contributed by atoms with Crippen LogP contribution in [0.15, 0.2) is 46.8 Å². The van der Waals surface area contributed by atoms with Crippen molar-refractivity contribution in [3.05, 3.63) is 69.2 Å². The molecule has 2 aromatic rings. The number of hydrogen-bond donors (Lipinski definition) is 2. The van der Waals surface area contributed by atoms with E-state index in [0.717, 1.165) is 49.3 Å². The molecule has 6 nitrogen and oxygen atoms in total. The molecular formula is C26H31ClF3N3O3. The maximum atomic E-state index is 13.7. The van der Waals surface area contributed by atoms with Crippen molar-refractivity contribution in [2.75, 3.05) is 6.54 Å². The van der Waals surface area contributed by atoms with Gasteiger partial charge in [-0.15, -0.1) is 5.11 Å². The molecule has 196 valence electrons. The van der Waals surface area contributed by atoms with Crippen molar-refractivity contribution in [2.45, 2.75) is 76.7 Å². The van der Waals surface area contributed by atoms with Crippen molar-refractivity contribution in [1.82, 2.24) is 5.32 Å². The van der Waals surface area contributed by atoms with Crippen molar-refractivity contribution < 1.29 is 27.9 Å². The van der Waals surface area contributed by atoms with Crippen LogP contribution in [0, 0.1) is 0 Å². The van der Waals surface area contributed by atoms with Crippen LogP contribution in [0.1, 0.15) is 85.2 Å². The van der Waals surface area contributed by atoms with Crippen LogP contribution in [0.2, 0.25) is 5.02 Å². The van der Waals surface area contributed by atoms with E-state index in [-0.39, 0.29) is 25.0 Å². The lowest BCUT2D eigenvalue weighted by molar-refractivity contribution is -0.139. The molecule has 1 aliphatic carbocycles. The average molecular weight is 526 g/mol. The van der Waals surface area contributed by atoms with Gasteiger partial charge in [-0.05, 0) is 60.1 Å². The van der Waals surface area contributed by atoms with Crippen LogP contribution in [0.3, 0.4) is 0 Å². The average Bonchev–Trinajstić information content (AvgIpc) is 2.85. The Balaban J connectivity index is 1.56. The van der Waals surface area contributed by atoms with E-state index in [4.69, 9.17) is 21.5 Å². The molecule has 2 aromatic carbocycles. The number of carboxylic acid groups (broad SMARTS) is 1. The highest BCUT2D eigenvalue weighted by Crippen LogP contribution is 2.41. The Morgan fingerprint density at radius 3 is 2.61 bits per heavy atom. The van der Waals surface area contributed by atoms with Gasteiger partial charge in [-0.2, -0.15) is 13.2 Å². The Kier molecular flexibility index (Phi) is 10.1. The van der Waals surface area contributed by atoms with Crippen molar-refractivity contribution in [3.8, 4) is 0 Å². The van der Waals surface area contributed by atoms with Crippen LogP contribution < -0.4 is 5.32 Å². The van der Waals surface area contributed by atoms with Crippen molar-refractivity contribution >= 4 is 17.6 Å². The molecule has 3 rings (SSSR count). The van der Waals surface area contributed by atoms with Gasteiger partial charge >= 0.3 is 12.1 Å². The van der Waals surface area contributed by atoms with E-state index in [0.29, 0.717) is 29.2 Å². The molecule has 1 aliphatic rings. The summed E-state index contributed by atoms with van der Waals surface area (Å²) in [6, 6.07) is 9.44. The summed E-state index contributed by atoms with van der Waals surface area (Å²) in [6.07, 6.45) is 0.182. The second-order valence-corrected chi connectivity index (χ2v) is 9.48. The molecule has 1 saturated carbocycles. The minimum atomic E-state index is -4.42. The van der Waals surface area contributed by atoms with Gasteiger partial charge in [-0.3, -0.25) is 4.79 Å². The predicted molar refractivity (Wildman–Crippen MR) is 131 cm³/mol. The maximum Gasteiger partial charge on any atom is 0.416 e. The SMILES string of the molecule is CC(N=NOCc1ccc(C2CCCCC2)c(C(F)(F)F)c1)c1ccc(CNCCC(=O)O)c(Cl)c1. The predicted octanol–water partition coefficient (Wildman–Crippen LogP) is 7.62. The zero-order valence-electron chi connectivity index (χ0n) is 20.2. The quantitative estimate of drug-likeness (QED) is 0.179. The Morgan fingerprint density at radius 1 is 1.19 bits per heavy atom. The van der Waals surface area contributed by atoms with Crippen molar-refractivity contribution in [3.63, 3.8) is 0 Å². The summed E-state index contributed by atoms with van der Waals surface area (Å²) in [6.45, 7) is 2.45. The van der Waals surface area contributed by atoms with Gasteiger partial charge in [0.25, 0.3) is 0 Å². The van der Waals surface area contributed by atoms with Crippen LogP contribution >= 0.6 is 11.6 Å². The summed E-state index contributed by atoms with van der Waals surface area (Å²) >= 11 is 6.32. The zero-order chi connectivity index (χ0) is 26.1. The molecule has 0 radical (unpaired) electrons. The Morgan fingerprint density at radius 2 is 1.94 bits per heavy atom. The normalized spacial score (nSPS) is 15.8. The molecule has 0 aliphatic heterocycles. The molecule has 10 heteroatoms. The number of benzene rings is 2. The van der Waals surface area contributed by atoms with Crippen LogP contribution in [0.4, 0.5) is 13.2 Å². The number of aliphatic carboxylic acids is 1.